The van der Waals surface area contributed by atoms with E-state index in [1.807, 2.05) is 0 Å². The minimum Gasteiger partial charge on any atom is -0.300 e. The second kappa shape index (κ2) is 5.35. The Kier molecular flexibility index (Phi) is 3.70. The SMILES string of the molecule is CCC[C@@]12CCC(=O)C[C@@H]1CCCc1cc(C)ccc12. The number of carbonyl (C=O) groups excluding carboxylic acids is 1. The summed E-state index contributed by atoms with van der Waals surface area (Å²) in [5.74, 6) is 1.09. The van der Waals surface area contributed by atoms with Crippen LogP contribution in [0.25, 0.3) is 0 Å². The molecule has 0 heterocycles. The van der Waals surface area contributed by atoms with Crippen molar-refractivity contribution >= 4 is 5.78 Å². The molecule has 0 bridgehead atoms. The van der Waals surface area contributed by atoms with Gasteiger partial charge < -0.3 is 0 Å². The molecule has 0 N–H and O–H groups in total. The third-order valence-corrected chi connectivity index (χ3v) is 5.60. The molecule has 0 unspecified atom stereocenters. The molecule has 2 aliphatic carbocycles. The van der Waals surface area contributed by atoms with Gasteiger partial charge >= 0.3 is 0 Å². The van der Waals surface area contributed by atoms with Crippen LogP contribution in [-0.2, 0) is 16.6 Å². The van der Waals surface area contributed by atoms with Gasteiger partial charge in [-0.25, -0.2) is 0 Å². The molecule has 2 atom stereocenters. The molecule has 2 aliphatic rings. The fourth-order valence-electron chi connectivity index (χ4n) is 4.74. The second-order valence-corrected chi connectivity index (χ2v) is 6.90. The topological polar surface area (TPSA) is 17.1 Å². The molecular weight excluding hydrogens is 244 g/mol. The van der Waals surface area contributed by atoms with Gasteiger partial charge in [-0.15, -0.1) is 0 Å². The van der Waals surface area contributed by atoms with E-state index in [-0.39, 0.29) is 0 Å². The van der Waals surface area contributed by atoms with Crippen molar-refractivity contribution < 1.29 is 4.79 Å². The van der Waals surface area contributed by atoms with Gasteiger partial charge in [0.15, 0.2) is 0 Å². The number of hydrogen-bond acceptors (Lipinski definition) is 1. The first-order valence-electron chi connectivity index (χ1n) is 8.27. The molecule has 0 radical (unpaired) electrons. The number of Topliss-reactive ketones (excluding diaryl/α,β-unsaturated/α-hetero) is 1. The van der Waals surface area contributed by atoms with Crippen molar-refractivity contribution in [1.82, 2.24) is 0 Å². The molecule has 1 saturated carbocycles. The number of ketones is 1. The molecule has 0 aliphatic heterocycles. The molecule has 1 nitrogen and oxygen atoms in total. The number of fused-ring (bicyclic) bond motifs is 3. The average Bonchev–Trinajstić information content (AvgIpc) is 2.56. The largest absolute Gasteiger partial charge is 0.300 e. The van der Waals surface area contributed by atoms with E-state index in [2.05, 4.69) is 32.0 Å². The van der Waals surface area contributed by atoms with Gasteiger partial charge in [0.2, 0.25) is 0 Å². The Hall–Kier alpha value is -1.11. The summed E-state index contributed by atoms with van der Waals surface area (Å²) < 4.78 is 0. The van der Waals surface area contributed by atoms with Gasteiger partial charge in [0, 0.05) is 12.8 Å². The fourth-order valence-corrected chi connectivity index (χ4v) is 4.74. The van der Waals surface area contributed by atoms with Crippen molar-refractivity contribution in [1.29, 1.82) is 0 Å². The van der Waals surface area contributed by atoms with Crippen molar-refractivity contribution in [2.45, 2.75) is 70.6 Å². The van der Waals surface area contributed by atoms with Gasteiger partial charge in [-0.3, -0.25) is 4.79 Å². The van der Waals surface area contributed by atoms with E-state index in [0.717, 1.165) is 19.3 Å². The van der Waals surface area contributed by atoms with Crippen LogP contribution in [0, 0.1) is 12.8 Å². The summed E-state index contributed by atoms with van der Waals surface area (Å²) in [5, 5.41) is 0. The molecule has 1 heteroatoms. The summed E-state index contributed by atoms with van der Waals surface area (Å²) in [5.41, 5.74) is 4.82. The molecule has 20 heavy (non-hydrogen) atoms. The zero-order chi connectivity index (χ0) is 14.2. The van der Waals surface area contributed by atoms with Crippen LogP contribution in [0.3, 0.4) is 0 Å². The smallest absolute Gasteiger partial charge is 0.133 e. The number of rotatable bonds is 2. The van der Waals surface area contributed by atoms with Crippen molar-refractivity contribution in [3.63, 3.8) is 0 Å². The Morgan fingerprint density at radius 3 is 2.95 bits per heavy atom. The lowest BCUT2D eigenvalue weighted by atomic mass is 9.59. The van der Waals surface area contributed by atoms with Crippen molar-refractivity contribution in [2.24, 2.45) is 5.92 Å². The highest BCUT2D eigenvalue weighted by Gasteiger charge is 2.45. The highest BCUT2D eigenvalue weighted by molar-refractivity contribution is 5.80. The molecule has 0 aromatic heterocycles. The fraction of sp³-hybridized carbons (Fsp3) is 0.632. The standard InChI is InChI=1S/C19H26O/c1-3-10-19-11-9-17(20)13-16(19)6-4-5-15-12-14(2)7-8-18(15)19/h7-8,12,16H,3-6,9-11,13H2,1-2H3/t16-,19+/m0/s1. The zero-order valence-electron chi connectivity index (χ0n) is 12.9. The molecule has 1 aromatic carbocycles. The van der Waals surface area contributed by atoms with E-state index in [0.29, 0.717) is 17.1 Å². The first-order chi connectivity index (χ1) is 9.65. The van der Waals surface area contributed by atoms with Gasteiger partial charge in [-0.2, -0.15) is 0 Å². The average molecular weight is 270 g/mol. The van der Waals surface area contributed by atoms with Crippen molar-refractivity contribution in [3.05, 3.63) is 34.9 Å². The molecule has 1 aromatic rings. The van der Waals surface area contributed by atoms with Crippen LogP contribution in [-0.4, -0.2) is 5.78 Å². The third kappa shape index (κ3) is 2.21. The minimum absolute atomic E-state index is 0.294. The van der Waals surface area contributed by atoms with Crippen LogP contribution in [0.5, 0.6) is 0 Å². The predicted octanol–water partition coefficient (Wildman–Crippen LogP) is 4.74. The molecule has 3 rings (SSSR count). The maximum atomic E-state index is 11.9. The van der Waals surface area contributed by atoms with Crippen LogP contribution in [0.4, 0.5) is 0 Å². The van der Waals surface area contributed by atoms with Crippen LogP contribution >= 0.6 is 0 Å². The van der Waals surface area contributed by atoms with Crippen LogP contribution in [0.15, 0.2) is 18.2 Å². The number of carbonyl (C=O) groups is 1. The number of benzene rings is 1. The Morgan fingerprint density at radius 1 is 1.30 bits per heavy atom. The molecule has 1 fully saturated rings. The van der Waals surface area contributed by atoms with Crippen LogP contribution in [0.1, 0.15) is 68.6 Å². The highest BCUT2D eigenvalue weighted by atomic mass is 16.1. The first kappa shape index (κ1) is 13.9. The molecule has 0 amide bonds. The van der Waals surface area contributed by atoms with Gasteiger partial charge in [0.25, 0.3) is 0 Å². The van der Waals surface area contributed by atoms with Gasteiger partial charge in [-0.05, 0) is 61.5 Å². The first-order valence-corrected chi connectivity index (χ1v) is 8.27. The summed E-state index contributed by atoms with van der Waals surface area (Å²) in [6, 6.07) is 7.05. The van der Waals surface area contributed by atoms with E-state index in [4.69, 9.17) is 0 Å². The molecule has 108 valence electrons. The predicted molar refractivity (Wildman–Crippen MR) is 83.1 cm³/mol. The lowest BCUT2D eigenvalue weighted by Gasteiger charge is -2.44. The van der Waals surface area contributed by atoms with E-state index in [1.165, 1.54) is 37.7 Å². The quantitative estimate of drug-likeness (QED) is 0.758. The van der Waals surface area contributed by atoms with E-state index in [1.54, 1.807) is 11.1 Å². The summed E-state index contributed by atoms with van der Waals surface area (Å²) >= 11 is 0. The second-order valence-electron chi connectivity index (χ2n) is 6.90. The Labute approximate surface area is 122 Å². The summed E-state index contributed by atoms with van der Waals surface area (Å²) in [6.45, 7) is 4.49. The maximum absolute atomic E-state index is 11.9. The van der Waals surface area contributed by atoms with E-state index < -0.39 is 0 Å². The summed E-state index contributed by atoms with van der Waals surface area (Å²) in [4.78, 5) is 11.9. The normalized spacial score (nSPS) is 29.5. The highest BCUT2D eigenvalue weighted by Crippen LogP contribution is 2.51. The van der Waals surface area contributed by atoms with Gasteiger partial charge in [-0.1, -0.05) is 37.1 Å². The van der Waals surface area contributed by atoms with Crippen LogP contribution < -0.4 is 0 Å². The summed E-state index contributed by atoms with van der Waals surface area (Å²) in [6.07, 6.45) is 8.86. The lowest BCUT2D eigenvalue weighted by Crippen LogP contribution is -2.40. The Balaban J connectivity index is 2.11. The van der Waals surface area contributed by atoms with Gasteiger partial charge in [0.1, 0.15) is 5.78 Å². The van der Waals surface area contributed by atoms with E-state index in [9.17, 15) is 4.79 Å². The summed E-state index contributed by atoms with van der Waals surface area (Å²) in [7, 11) is 0. The molecule has 0 saturated heterocycles. The van der Waals surface area contributed by atoms with Crippen molar-refractivity contribution in [3.8, 4) is 0 Å². The van der Waals surface area contributed by atoms with Crippen molar-refractivity contribution in [2.75, 3.05) is 0 Å². The zero-order valence-corrected chi connectivity index (χ0v) is 12.9. The Bertz CT molecular complexity index is 516. The van der Waals surface area contributed by atoms with Crippen LogP contribution in [0.2, 0.25) is 0 Å². The monoisotopic (exact) mass is 270 g/mol. The van der Waals surface area contributed by atoms with E-state index >= 15 is 0 Å². The van der Waals surface area contributed by atoms with Gasteiger partial charge in [0.05, 0.1) is 0 Å². The Morgan fingerprint density at radius 2 is 2.15 bits per heavy atom. The molecular formula is C19H26O. The number of hydrogen-bond donors (Lipinski definition) is 0. The maximum Gasteiger partial charge on any atom is 0.133 e. The lowest BCUT2D eigenvalue weighted by molar-refractivity contribution is -0.123. The minimum atomic E-state index is 0.294. The third-order valence-electron chi connectivity index (χ3n) is 5.60. The molecule has 0 spiro atoms. The number of aryl methyl sites for hydroxylation is 2.